The van der Waals surface area contributed by atoms with Crippen LogP contribution in [0.15, 0.2) is 0 Å². The number of carbonyl (C=O) groups is 2. The van der Waals surface area contributed by atoms with E-state index in [4.69, 9.17) is 9.47 Å². The highest BCUT2D eigenvalue weighted by molar-refractivity contribution is 6.03. The van der Waals surface area contributed by atoms with Crippen LogP contribution in [-0.4, -0.2) is 31.1 Å². The number of Topliss-reactive ketones (excluding diaryl/α,β-unsaturated/α-hetero) is 1. The third-order valence-corrected chi connectivity index (χ3v) is 3.53. The molecule has 1 unspecified atom stereocenters. The second-order valence-electron chi connectivity index (χ2n) is 4.99. The van der Waals surface area contributed by atoms with Gasteiger partial charge in [-0.1, -0.05) is 0 Å². The van der Waals surface area contributed by atoms with E-state index in [1.165, 1.54) is 6.92 Å². The molecule has 0 aromatic rings. The standard InChI is InChI=1S/C12H20O4/c1-9(13)12(7-8-16-10(12)14)6-5-11(2,3)15-4/h5-8H2,1-4H3. The fourth-order valence-corrected chi connectivity index (χ4v) is 1.90. The molecule has 1 rings (SSSR count). The van der Waals surface area contributed by atoms with E-state index >= 15 is 0 Å². The number of ether oxygens (including phenoxy) is 2. The van der Waals surface area contributed by atoms with Crippen LogP contribution in [-0.2, 0) is 19.1 Å². The third-order valence-electron chi connectivity index (χ3n) is 3.53. The number of hydrogen-bond donors (Lipinski definition) is 0. The summed E-state index contributed by atoms with van der Waals surface area (Å²) in [5.41, 5.74) is -1.23. The van der Waals surface area contributed by atoms with E-state index in [-0.39, 0.29) is 17.4 Å². The molecular formula is C12H20O4. The molecule has 0 aromatic heterocycles. The fraction of sp³-hybridized carbons (Fsp3) is 0.833. The van der Waals surface area contributed by atoms with Crippen LogP contribution in [0.1, 0.15) is 40.0 Å². The van der Waals surface area contributed by atoms with Gasteiger partial charge in [0.15, 0.2) is 0 Å². The smallest absolute Gasteiger partial charge is 0.319 e. The lowest BCUT2D eigenvalue weighted by Crippen LogP contribution is -2.36. The van der Waals surface area contributed by atoms with Gasteiger partial charge >= 0.3 is 5.97 Å². The van der Waals surface area contributed by atoms with Crippen molar-refractivity contribution in [3.8, 4) is 0 Å². The summed E-state index contributed by atoms with van der Waals surface area (Å²) in [7, 11) is 1.63. The van der Waals surface area contributed by atoms with Crippen molar-refractivity contribution in [3.05, 3.63) is 0 Å². The quantitative estimate of drug-likeness (QED) is 0.531. The summed E-state index contributed by atoms with van der Waals surface area (Å²) in [6.45, 7) is 5.71. The molecule has 16 heavy (non-hydrogen) atoms. The number of cyclic esters (lactones) is 1. The van der Waals surface area contributed by atoms with Gasteiger partial charge < -0.3 is 9.47 Å². The van der Waals surface area contributed by atoms with Gasteiger partial charge in [0.25, 0.3) is 0 Å². The van der Waals surface area contributed by atoms with Gasteiger partial charge in [-0.3, -0.25) is 9.59 Å². The maximum Gasteiger partial charge on any atom is 0.319 e. The molecule has 92 valence electrons. The highest BCUT2D eigenvalue weighted by Crippen LogP contribution is 2.38. The summed E-state index contributed by atoms with van der Waals surface area (Å²) in [4.78, 5) is 23.3. The van der Waals surface area contributed by atoms with Gasteiger partial charge in [0.05, 0.1) is 12.2 Å². The average Bonchev–Trinajstić information content (AvgIpc) is 2.58. The van der Waals surface area contributed by atoms with Gasteiger partial charge in [-0.25, -0.2) is 0 Å². The van der Waals surface area contributed by atoms with Gasteiger partial charge in [-0.2, -0.15) is 0 Å². The van der Waals surface area contributed by atoms with E-state index < -0.39 is 5.41 Å². The first kappa shape index (κ1) is 13.2. The van der Waals surface area contributed by atoms with Crippen LogP contribution >= 0.6 is 0 Å². The van der Waals surface area contributed by atoms with Crippen LogP contribution < -0.4 is 0 Å². The van der Waals surface area contributed by atoms with Crippen LogP contribution in [0.3, 0.4) is 0 Å². The van der Waals surface area contributed by atoms with Crippen molar-refractivity contribution >= 4 is 11.8 Å². The van der Waals surface area contributed by atoms with E-state index in [9.17, 15) is 9.59 Å². The fourth-order valence-electron chi connectivity index (χ4n) is 1.90. The second kappa shape index (κ2) is 4.53. The molecule has 0 bridgehead atoms. The summed E-state index contributed by atoms with van der Waals surface area (Å²) < 4.78 is 10.2. The normalized spacial score (nSPS) is 25.6. The van der Waals surface area contributed by atoms with Crippen molar-refractivity contribution in [2.45, 2.75) is 45.6 Å². The Morgan fingerprint density at radius 2 is 2.19 bits per heavy atom. The number of methoxy groups -OCH3 is 1. The molecule has 0 radical (unpaired) electrons. The number of hydrogen-bond acceptors (Lipinski definition) is 4. The Kier molecular flexibility index (Phi) is 3.73. The Morgan fingerprint density at radius 1 is 1.56 bits per heavy atom. The van der Waals surface area contributed by atoms with Crippen LogP contribution in [0, 0.1) is 5.41 Å². The van der Waals surface area contributed by atoms with E-state index in [1.54, 1.807) is 7.11 Å². The number of rotatable bonds is 5. The van der Waals surface area contributed by atoms with Gasteiger partial charge in [0.2, 0.25) is 0 Å². The minimum absolute atomic E-state index is 0.0955. The van der Waals surface area contributed by atoms with E-state index in [0.717, 1.165) is 0 Å². The molecule has 0 amide bonds. The predicted octanol–water partition coefficient (Wildman–Crippen LogP) is 1.71. The van der Waals surface area contributed by atoms with Crippen molar-refractivity contribution in [1.29, 1.82) is 0 Å². The largest absolute Gasteiger partial charge is 0.465 e. The van der Waals surface area contributed by atoms with Crippen LogP contribution in [0.4, 0.5) is 0 Å². The zero-order chi connectivity index (χ0) is 12.4. The summed E-state index contributed by atoms with van der Waals surface area (Å²) >= 11 is 0. The Hall–Kier alpha value is -0.900. The van der Waals surface area contributed by atoms with Crippen LogP contribution in [0.5, 0.6) is 0 Å². The molecule has 0 saturated carbocycles. The van der Waals surface area contributed by atoms with Crippen molar-refractivity contribution in [2.24, 2.45) is 5.41 Å². The van der Waals surface area contributed by atoms with E-state index in [0.29, 0.717) is 25.9 Å². The van der Waals surface area contributed by atoms with Gasteiger partial charge in [0, 0.05) is 13.5 Å². The molecule has 1 atom stereocenters. The summed E-state index contributed by atoms with van der Waals surface area (Å²) in [5.74, 6) is -0.464. The number of esters is 1. The van der Waals surface area contributed by atoms with Crippen molar-refractivity contribution in [1.82, 2.24) is 0 Å². The maximum atomic E-state index is 11.7. The predicted molar refractivity (Wildman–Crippen MR) is 59.0 cm³/mol. The Balaban J connectivity index is 2.74. The lowest BCUT2D eigenvalue weighted by atomic mass is 9.76. The first-order valence-electron chi connectivity index (χ1n) is 5.57. The minimum Gasteiger partial charge on any atom is -0.465 e. The van der Waals surface area contributed by atoms with Gasteiger partial charge in [-0.15, -0.1) is 0 Å². The molecular weight excluding hydrogens is 208 g/mol. The van der Waals surface area contributed by atoms with Gasteiger partial charge in [-0.05, 0) is 33.6 Å². The molecule has 1 saturated heterocycles. The summed E-state index contributed by atoms with van der Waals surface area (Å²) in [6.07, 6.45) is 1.67. The molecule has 0 aromatic carbocycles. The van der Waals surface area contributed by atoms with Crippen molar-refractivity contribution in [2.75, 3.05) is 13.7 Å². The summed E-state index contributed by atoms with van der Waals surface area (Å²) in [5, 5.41) is 0. The third kappa shape index (κ3) is 2.43. The second-order valence-corrected chi connectivity index (χ2v) is 4.99. The summed E-state index contributed by atoms with van der Waals surface area (Å²) in [6, 6.07) is 0. The minimum atomic E-state index is -0.921. The first-order chi connectivity index (χ1) is 7.34. The molecule has 0 spiro atoms. The first-order valence-corrected chi connectivity index (χ1v) is 5.57. The van der Waals surface area contributed by atoms with Gasteiger partial charge in [0.1, 0.15) is 11.2 Å². The molecule has 1 aliphatic rings. The van der Waals surface area contributed by atoms with E-state index in [1.807, 2.05) is 13.8 Å². The Labute approximate surface area is 96.3 Å². The highest BCUT2D eigenvalue weighted by atomic mass is 16.5. The number of carbonyl (C=O) groups excluding carboxylic acids is 2. The molecule has 4 nitrogen and oxygen atoms in total. The van der Waals surface area contributed by atoms with Crippen LogP contribution in [0.25, 0.3) is 0 Å². The monoisotopic (exact) mass is 228 g/mol. The lowest BCUT2D eigenvalue weighted by molar-refractivity contribution is -0.151. The van der Waals surface area contributed by atoms with Crippen molar-refractivity contribution < 1.29 is 19.1 Å². The molecule has 0 aliphatic carbocycles. The molecule has 4 heteroatoms. The number of ketones is 1. The molecule has 1 aliphatic heterocycles. The Morgan fingerprint density at radius 3 is 2.56 bits per heavy atom. The SMILES string of the molecule is COC(C)(C)CCC1(C(C)=O)CCOC1=O. The maximum absolute atomic E-state index is 11.7. The Bertz CT molecular complexity index is 295. The zero-order valence-electron chi connectivity index (χ0n) is 10.5. The highest BCUT2D eigenvalue weighted by Gasteiger charge is 2.49. The van der Waals surface area contributed by atoms with Crippen molar-refractivity contribution in [3.63, 3.8) is 0 Å². The topological polar surface area (TPSA) is 52.6 Å². The average molecular weight is 228 g/mol. The van der Waals surface area contributed by atoms with Crippen LogP contribution in [0.2, 0.25) is 0 Å². The zero-order valence-corrected chi connectivity index (χ0v) is 10.5. The molecule has 1 fully saturated rings. The lowest BCUT2D eigenvalue weighted by Gasteiger charge is -2.28. The molecule has 0 N–H and O–H groups in total. The van der Waals surface area contributed by atoms with E-state index in [2.05, 4.69) is 0 Å². The molecule has 1 heterocycles.